The quantitative estimate of drug-likeness (QED) is 0.304. The van der Waals surface area contributed by atoms with E-state index in [9.17, 15) is 4.79 Å². The summed E-state index contributed by atoms with van der Waals surface area (Å²) in [5.41, 5.74) is 2.30. The number of pyridine rings is 2. The Labute approximate surface area is 205 Å². The molecule has 7 nitrogen and oxygen atoms in total. The van der Waals surface area contributed by atoms with Crippen LogP contribution in [0.4, 0.5) is 5.82 Å². The number of benzene rings is 1. The number of aliphatic imine (C=N–C) groups is 1. The van der Waals surface area contributed by atoms with Gasteiger partial charge in [0.05, 0.1) is 6.54 Å². The highest BCUT2D eigenvalue weighted by molar-refractivity contribution is 14.0. The minimum absolute atomic E-state index is 0. The molecule has 3 aromatic rings. The standard InChI is InChI=1S/C24H28N6O.HI/c1-25-24(29-16-14-28(15-17-29)22-6-2-4-12-26-22)27-18-20-8-10-21(11-9-20)19-30-13-5-3-7-23(30)31;/h2-13H,14-19H2,1H3,(H,25,27);1H. The largest absolute Gasteiger partial charge is 0.353 e. The van der Waals surface area contributed by atoms with Gasteiger partial charge in [0.1, 0.15) is 5.82 Å². The van der Waals surface area contributed by atoms with E-state index in [0.717, 1.165) is 43.5 Å². The fourth-order valence-corrected chi connectivity index (χ4v) is 3.75. The third-order valence-electron chi connectivity index (χ3n) is 5.49. The van der Waals surface area contributed by atoms with E-state index in [1.165, 1.54) is 5.56 Å². The topological polar surface area (TPSA) is 65.8 Å². The zero-order chi connectivity index (χ0) is 21.5. The van der Waals surface area contributed by atoms with Crippen molar-refractivity contribution in [2.75, 3.05) is 38.1 Å². The maximum Gasteiger partial charge on any atom is 0.250 e. The molecule has 0 bridgehead atoms. The first-order valence-electron chi connectivity index (χ1n) is 10.6. The smallest absolute Gasteiger partial charge is 0.250 e. The molecule has 0 radical (unpaired) electrons. The predicted octanol–water partition coefficient (Wildman–Crippen LogP) is 2.81. The van der Waals surface area contributed by atoms with E-state index in [1.807, 2.05) is 37.6 Å². The van der Waals surface area contributed by atoms with Gasteiger partial charge < -0.3 is 19.7 Å². The first kappa shape index (κ1) is 23.8. The molecule has 0 atom stereocenters. The maximum atomic E-state index is 11.9. The van der Waals surface area contributed by atoms with Crippen molar-refractivity contribution in [2.45, 2.75) is 13.1 Å². The number of hydrogen-bond donors (Lipinski definition) is 1. The highest BCUT2D eigenvalue weighted by Gasteiger charge is 2.20. The van der Waals surface area contributed by atoms with E-state index in [2.05, 4.69) is 55.4 Å². The number of piperazine rings is 1. The summed E-state index contributed by atoms with van der Waals surface area (Å²) in [5, 5.41) is 3.47. The molecular weight excluding hydrogens is 515 g/mol. The van der Waals surface area contributed by atoms with Crippen molar-refractivity contribution in [1.29, 1.82) is 0 Å². The van der Waals surface area contributed by atoms with Crippen molar-refractivity contribution in [3.63, 3.8) is 0 Å². The summed E-state index contributed by atoms with van der Waals surface area (Å²) in [6.45, 7) is 4.94. The molecule has 3 heterocycles. The summed E-state index contributed by atoms with van der Waals surface area (Å²) in [4.78, 5) is 25.4. The third-order valence-corrected chi connectivity index (χ3v) is 5.49. The van der Waals surface area contributed by atoms with Gasteiger partial charge in [-0.15, -0.1) is 24.0 Å². The molecule has 1 aliphatic heterocycles. The van der Waals surface area contributed by atoms with E-state index in [-0.39, 0.29) is 29.5 Å². The molecule has 0 aliphatic carbocycles. The van der Waals surface area contributed by atoms with Crippen LogP contribution in [0.15, 0.2) is 82.8 Å². The van der Waals surface area contributed by atoms with Gasteiger partial charge in [0.25, 0.3) is 5.56 Å². The van der Waals surface area contributed by atoms with Crippen LogP contribution in [0.1, 0.15) is 11.1 Å². The summed E-state index contributed by atoms with van der Waals surface area (Å²) < 4.78 is 1.71. The van der Waals surface area contributed by atoms with Crippen LogP contribution in [0, 0.1) is 0 Å². The molecule has 0 saturated carbocycles. The molecule has 1 N–H and O–H groups in total. The molecule has 1 fully saturated rings. The minimum Gasteiger partial charge on any atom is -0.353 e. The van der Waals surface area contributed by atoms with Crippen LogP contribution < -0.4 is 15.8 Å². The Morgan fingerprint density at radius 1 is 0.969 bits per heavy atom. The average molecular weight is 544 g/mol. The Morgan fingerprint density at radius 2 is 1.69 bits per heavy atom. The summed E-state index contributed by atoms with van der Waals surface area (Å²) in [6, 6.07) is 19.6. The van der Waals surface area contributed by atoms with Crippen molar-refractivity contribution in [1.82, 2.24) is 19.8 Å². The van der Waals surface area contributed by atoms with Gasteiger partial charge in [-0.05, 0) is 29.3 Å². The second-order valence-corrected chi connectivity index (χ2v) is 7.55. The number of nitrogens with one attached hydrogen (secondary N) is 1. The van der Waals surface area contributed by atoms with Crippen LogP contribution in [0.3, 0.4) is 0 Å². The summed E-state index contributed by atoms with van der Waals surface area (Å²) in [6.07, 6.45) is 3.65. The van der Waals surface area contributed by atoms with Crippen LogP contribution in [0.5, 0.6) is 0 Å². The number of hydrogen-bond acceptors (Lipinski definition) is 4. The SMILES string of the molecule is CN=C(NCc1ccc(Cn2ccccc2=O)cc1)N1CCN(c2ccccn2)CC1.I. The van der Waals surface area contributed by atoms with Crippen molar-refractivity contribution < 1.29 is 0 Å². The zero-order valence-electron chi connectivity index (χ0n) is 18.2. The second kappa shape index (κ2) is 11.7. The van der Waals surface area contributed by atoms with Gasteiger partial charge in [0, 0.05) is 58.2 Å². The number of aromatic nitrogens is 2. The van der Waals surface area contributed by atoms with Crippen LogP contribution in [0.25, 0.3) is 0 Å². The van der Waals surface area contributed by atoms with Gasteiger partial charge in [-0.25, -0.2) is 4.98 Å². The summed E-state index contributed by atoms with van der Waals surface area (Å²) in [7, 11) is 1.83. The summed E-state index contributed by atoms with van der Waals surface area (Å²) >= 11 is 0. The van der Waals surface area contributed by atoms with E-state index in [0.29, 0.717) is 13.1 Å². The number of rotatable bonds is 5. The number of halogens is 1. The Hall–Kier alpha value is -2.88. The predicted molar refractivity (Wildman–Crippen MR) is 140 cm³/mol. The fourth-order valence-electron chi connectivity index (χ4n) is 3.75. The van der Waals surface area contributed by atoms with Gasteiger partial charge in [0.2, 0.25) is 0 Å². The molecular formula is C24H29IN6O. The Kier molecular flexibility index (Phi) is 8.66. The molecule has 168 valence electrons. The molecule has 1 saturated heterocycles. The van der Waals surface area contributed by atoms with Gasteiger partial charge in [-0.3, -0.25) is 9.79 Å². The first-order valence-corrected chi connectivity index (χ1v) is 10.6. The fraction of sp³-hybridized carbons (Fsp3) is 0.292. The lowest BCUT2D eigenvalue weighted by Gasteiger charge is -2.37. The van der Waals surface area contributed by atoms with Crippen LogP contribution in [-0.2, 0) is 13.1 Å². The van der Waals surface area contributed by atoms with Crippen LogP contribution in [-0.4, -0.2) is 53.6 Å². The minimum atomic E-state index is 0. The van der Waals surface area contributed by atoms with E-state index in [4.69, 9.17) is 0 Å². The lowest BCUT2D eigenvalue weighted by molar-refractivity contribution is 0.371. The highest BCUT2D eigenvalue weighted by atomic mass is 127. The van der Waals surface area contributed by atoms with Crippen molar-refractivity contribution in [3.8, 4) is 0 Å². The molecule has 8 heteroatoms. The van der Waals surface area contributed by atoms with Crippen LogP contribution in [0.2, 0.25) is 0 Å². The normalized spacial score (nSPS) is 14.1. The average Bonchev–Trinajstić information content (AvgIpc) is 2.83. The molecule has 0 unspecified atom stereocenters. The summed E-state index contributed by atoms with van der Waals surface area (Å²) in [5.74, 6) is 1.95. The van der Waals surface area contributed by atoms with Crippen molar-refractivity contribution >= 4 is 35.8 Å². The Morgan fingerprint density at radius 3 is 2.34 bits per heavy atom. The number of anilines is 1. The first-order chi connectivity index (χ1) is 15.2. The third kappa shape index (κ3) is 6.09. The second-order valence-electron chi connectivity index (χ2n) is 7.55. The Balaban J connectivity index is 0.00000289. The van der Waals surface area contributed by atoms with Crippen molar-refractivity contribution in [3.05, 3.63) is 94.5 Å². The van der Waals surface area contributed by atoms with Crippen molar-refractivity contribution in [2.24, 2.45) is 4.99 Å². The zero-order valence-corrected chi connectivity index (χ0v) is 20.6. The highest BCUT2D eigenvalue weighted by Crippen LogP contribution is 2.13. The molecule has 0 amide bonds. The molecule has 1 aliphatic rings. The van der Waals surface area contributed by atoms with Gasteiger partial charge in [-0.2, -0.15) is 0 Å². The van der Waals surface area contributed by atoms with Crippen LogP contribution >= 0.6 is 24.0 Å². The molecule has 0 spiro atoms. The molecule has 4 rings (SSSR count). The lowest BCUT2D eigenvalue weighted by atomic mass is 10.1. The molecule has 1 aromatic carbocycles. The number of nitrogens with zero attached hydrogens (tertiary/aromatic N) is 5. The van der Waals surface area contributed by atoms with E-state index >= 15 is 0 Å². The maximum absolute atomic E-state index is 11.9. The Bertz CT molecular complexity index is 1060. The van der Waals surface area contributed by atoms with E-state index < -0.39 is 0 Å². The van der Waals surface area contributed by atoms with Gasteiger partial charge in [-0.1, -0.05) is 36.4 Å². The van der Waals surface area contributed by atoms with Gasteiger partial charge in [0.15, 0.2) is 5.96 Å². The van der Waals surface area contributed by atoms with E-state index in [1.54, 1.807) is 16.7 Å². The molecule has 2 aromatic heterocycles. The monoisotopic (exact) mass is 544 g/mol. The lowest BCUT2D eigenvalue weighted by Crippen LogP contribution is -2.52. The number of guanidine groups is 1. The molecule has 32 heavy (non-hydrogen) atoms. The van der Waals surface area contributed by atoms with Gasteiger partial charge >= 0.3 is 0 Å².